The van der Waals surface area contributed by atoms with Crippen LogP contribution in [-0.4, -0.2) is 26.9 Å². The van der Waals surface area contributed by atoms with Crippen LogP contribution in [0.25, 0.3) is 42.2 Å². The number of aromatic nitrogens is 1. The Bertz CT molecular complexity index is 1810. The van der Waals surface area contributed by atoms with Crippen LogP contribution in [0.1, 0.15) is 59.6 Å². The van der Waals surface area contributed by atoms with Gasteiger partial charge in [-0.05, 0) is 54.2 Å². The number of fused-ring (bicyclic) bond motifs is 4. The second kappa shape index (κ2) is 13.9. The average molecular weight is 782 g/mol. The van der Waals surface area contributed by atoms with E-state index in [4.69, 9.17) is 4.98 Å². The fourth-order valence-corrected chi connectivity index (χ4v) is 6.72. The van der Waals surface area contributed by atoms with E-state index in [2.05, 4.69) is 95.3 Å². The molecule has 3 aromatic carbocycles. The largest absolute Gasteiger partial charge is 0.511 e. The molecule has 4 nitrogen and oxygen atoms in total. The van der Waals surface area contributed by atoms with E-state index in [1.165, 1.54) is 36.7 Å². The van der Waals surface area contributed by atoms with Crippen LogP contribution in [0.2, 0.25) is 0 Å². The first-order valence-electron chi connectivity index (χ1n) is 15.1. The summed E-state index contributed by atoms with van der Waals surface area (Å²) >= 11 is 1.89. The fourth-order valence-electron chi connectivity index (χ4n) is 5.40. The Kier molecular flexibility index (Phi) is 10.6. The van der Waals surface area contributed by atoms with Crippen molar-refractivity contribution in [2.45, 2.75) is 60.3 Å². The molecule has 233 valence electrons. The number of thiophene rings is 1. The minimum absolute atomic E-state index is 0. The second-order valence-corrected chi connectivity index (χ2v) is 14.2. The van der Waals surface area contributed by atoms with Gasteiger partial charge in [-0.2, -0.15) is 6.67 Å². The fraction of sp³-hybridized carbons (Fsp3) is 0.316. The van der Waals surface area contributed by atoms with Crippen LogP contribution >= 0.6 is 11.3 Å². The van der Waals surface area contributed by atoms with Crippen LogP contribution in [0, 0.1) is 24.6 Å². The summed E-state index contributed by atoms with van der Waals surface area (Å²) in [6.45, 7) is 17.2. The first-order valence-corrected chi connectivity index (χ1v) is 15.9. The summed E-state index contributed by atoms with van der Waals surface area (Å²) in [6.07, 6.45) is 8.58. The number of nitrogens with zero attached hydrogens (tertiary/aromatic N) is 3. The maximum atomic E-state index is 9.42. The Balaban J connectivity index is 0.000000288. The molecule has 0 bridgehead atoms. The molecule has 1 N–H and O–H groups in total. The molecule has 2 aromatic heterocycles. The first-order chi connectivity index (χ1) is 20.4. The van der Waals surface area contributed by atoms with Crippen molar-refractivity contribution in [3.8, 4) is 11.3 Å². The zero-order chi connectivity index (χ0) is 30.9. The number of benzene rings is 3. The molecule has 6 heteroatoms. The smallest absolute Gasteiger partial charge is 0.108 e. The molecule has 0 spiro atoms. The Labute approximate surface area is 280 Å². The Morgan fingerprint density at radius 1 is 0.977 bits per heavy atom. The van der Waals surface area contributed by atoms with E-state index in [1.807, 2.05) is 67.3 Å². The van der Waals surface area contributed by atoms with Gasteiger partial charge in [0, 0.05) is 58.9 Å². The third-order valence-electron chi connectivity index (χ3n) is 7.62. The average Bonchev–Trinajstić information content (AvgIpc) is 3.55. The summed E-state index contributed by atoms with van der Waals surface area (Å²) < 4.78 is 2.66. The van der Waals surface area contributed by atoms with Gasteiger partial charge in [0.25, 0.3) is 0 Å². The van der Waals surface area contributed by atoms with Gasteiger partial charge in [-0.15, -0.1) is 40.5 Å². The molecule has 1 aliphatic heterocycles. The first kappa shape index (κ1) is 33.7. The van der Waals surface area contributed by atoms with Crippen molar-refractivity contribution in [3.63, 3.8) is 0 Å². The zero-order valence-electron chi connectivity index (χ0n) is 27.0. The molecule has 5 aromatic rings. The van der Waals surface area contributed by atoms with Crippen molar-refractivity contribution in [3.05, 3.63) is 109 Å². The molecular formula is C38H43IrN3OS-2. The van der Waals surface area contributed by atoms with Crippen LogP contribution in [0.5, 0.6) is 0 Å². The van der Waals surface area contributed by atoms with Crippen LogP contribution < -0.4 is 0 Å². The zero-order valence-corrected chi connectivity index (χ0v) is 30.2. The van der Waals surface area contributed by atoms with Gasteiger partial charge in [0.2, 0.25) is 0 Å². The summed E-state index contributed by atoms with van der Waals surface area (Å²) in [6, 6.07) is 23.5. The number of aliphatic hydroxyl groups excluding tert-OH is 1. The van der Waals surface area contributed by atoms with Gasteiger partial charge in [-0.3, -0.25) is 4.98 Å². The van der Waals surface area contributed by atoms with E-state index >= 15 is 0 Å². The predicted molar refractivity (Wildman–Crippen MR) is 185 cm³/mol. The molecule has 0 saturated heterocycles. The standard InChI is InChI=1S/C29H28NS.C9H15N2O.Ir/c1-18(2)15-20-10-8-12-23-24-13-14-30-26(28(24)31-27(20)23)21-16-19-9-6-7-11-22(19)25(17-21)29(3,4)5;1-8(2)9(12)6-11-5-4-10(3)7-11;/h6-14,17-18H,15H2,1-5H3;4-8,12H,1-3H3;/q2*-1;/b;9-6-;. The molecule has 1 aliphatic rings. The Morgan fingerprint density at radius 3 is 2.34 bits per heavy atom. The number of allylic oxidation sites excluding steroid dienone is 1. The maximum Gasteiger partial charge on any atom is 0.108 e. The summed E-state index contributed by atoms with van der Waals surface area (Å²) in [7, 11) is 1.94. The van der Waals surface area contributed by atoms with Gasteiger partial charge in [-0.25, -0.2) is 0 Å². The molecular weight excluding hydrogens is 739 g/mol. The monoisotopic (exact) mass is 782 g/mol. The van der Waals surface area contributed by atoms with Crippen molar-refractivity contribution < 1.29 is 25.2 Å². The minimum atomic E-state index is 0. The van der Waals surface area contributed by atoms with Gasteiger partial charge in [0.05, 0.1) is 0 Å². The van der Waals surface area contributed by atoms with Crippen molar-refractivity contribution in [1.29, 1.82) is 0 Å². The van der Waals surface area contributed by atoms with Gasteiger partial charge >= 0.3 is 0 Å². The SMILES string of the molecule is CC(C)/C(O)=C/N1C=CN(C)[CH-]1.CC(C)Cc1cccc2c1sc1c(-c3[c-]c4ccccc4c(C(C)(C)C)c3)nccc12.[Ir]. The quantitative estimate of drug-likeness (QED) is 0.142. The van der Waals surface area contributed by atoms with E-state index < -0.39 is 0 Å². The third-order valence-corrected chi connectivity index (χ3v) is 8.93. The van der Waals surface area contributed by atoms with Crippen molar-refractivity contribution >= 4 is 42.3 Å². The molecule has 0 unspecified atom stereocenters. The van der Waals surface area contributed by atoms with E-state index in [0.29, 0.717) is 11.7 Å². The van der Waals surface area contributed by atoms with E-state index in [1.54, 1.807) is 6.20 Å². The maximum absolute atomic E-state index is 9.42. The molecule has 0 aliphatic carbocycles. The normalized spacial score (nSPS) is 13.7. The number of rotatable bonds is 5. The second-order valence-electron chi connectivity index (χ2n) is 13.2. The van der Waals surface area contributed by atoms with Crippen molar-refractivity contribution in [2.24, 2.45) is 11.8 Å². The van der Waals surface area contributed by atoms with Crippen molar-refractivity contribution in [2.75, 3.05) is 7.05 Å². The van der Waals surface area contributed by atoms with Crippen LogP contribution in [-0.2, 0) is 31.9 Å². The van der Waals surface area contributed by atoms with Gasteiger partial charge in [0.1, 0.15) is 5.76 Å². The van der Waals surface area contributed by atoms with Crippen molar-refractivity contribution in [1.82, 2.24) is 14.8 Å². The van der Waals surface area contributed by atoms with Gasteiger partial charge in [0.15, 0.2) is 0 Å². The number of hydrogen-bond donors (Lipinski definition) is 1. The molecule has 0 saturated carbocycles. The summed E-state index contributed by atoms with van der Waals surface area (Å²) in [4.78, 5) is 8.62. The van der Waals surface area contributed by atoms with Gasteiger partial charge < -0.3 is 14.9 Å². The van der Waals surface area contributed by atoms with Crippen LogP contribution in [0.15, 0.2) is 85.2 Å². The van der Waals surface area contributed by atoms with E-state index in [-0.39, 0.29) is 31.4 Å². The number of pyridine rings is 1. The van der Waals surface area contributed by atoms with E-state index in [0.717, 1.165) is 23.1 Å². The van der Waals surface area contributed by atoms with Crippen LogP contribution in [0.4, 0.5) is 0 Å². The van der Waals surface area contributed by atoms with Gasteiger partial charge in [-0.1, -0.05) is 95.8 Å². The molecule has 6 rings (SSSR count). The molecule has 1 radical (unpaired) electrons. The predicted octanol–water partition coefficient (Wildman–Crippen LogP) is 10.4. The molecule has 44 heavy (non-hydrogen) atoms. The Hall–Kier alpha value is -3.18. The minimum Gasteiger partial charge on any atom is -0.511 e. The number of hydrogen-bond acceptors (Lipinski definition) is 5. The molecule has 0 atom stereocenters. The molecule has 3 heterocycles. The number of aliphatic hydroxyl groups is 1. The summed E-state index contributed by atoms with van der Waals surface area (Å²) in [5, 5.41) is 14.5. The summed E-state index contributed by atoms with van der Waals surface area (Å²) in [5.74, 6) is 1.21. The van der Waals surface area contributed by atoms with Crippen LogP contribution in [0.3, 0.4) is 0 Å². The Morgan fingerprint density at radius 2 is 1.68 bits per heavy atom. The third kappa shape index (κ3) is 7.37. The molecule has 0 fully saturated rings. The molecule has 0 amide bonds. The summed E-state index contributed by atoms with van der Waals surface area (Å²) in [5.41, 5.74) is 4.97. The topological polar surface area (TPSA) is 39.6 Å². The van der Waals surface area contributed by atoms with E-state index in [9.17, 15) is 5.11 Å².